The fourth-order valence-electron chi connectivity index (χ4n) is 6.66. The summed E-state index contributed by atoms with van der Waals surface area (Å²) in [5, 5.41) is 26.4. The van der Waals surface area contributed by atoms with Gasteiger partial charge in [-0.1, -0.05) is 76.3 Å². The quantitative estimate of drug-likeness (QED) is 0.0281. The smallest absolute Gasteiger partial charge is 0.274 e. The molecule has 0 aromatic carbocycles. The molecule has 3 heterocycles. The average molecular weight is 1040 g/mol. The molecule has 68 heavy (non-hydrogen) atoms. The van der Waals surface area contributed by atoms with Crippen molar-refractivity contribution in [2.45, 2.75) is 141 Å². The van der Waals surface area contributed by atoms with Crippen molar-refractivity contribution in [2.75, 3.05) is 37.8 Å². The summed E-state index contributed by atoms with van der Waals surface area (Å²) in [7, 11) is -17.6. The number of fused-ring (bicyclic) bond motifs is 1. The van der Waals surface area contributed by atoms with Crippen molar-refractivity contribution < 1.29 is 85.3 Å². The maximum absolute atomic E-state index is 12.6. The van der Waals surface area contributed by atoms with E-state index in [2.05, 4.69) is 55.6 Å². The molecule has 1 saturated heterocycles. The SMILES string of the molecule is CC(C)(COP(=O)([O-])OP(=O)([O-])OC[C@H]1O[C@@H](n2cnc3c(N)ncnc32)[C@H](O)[C@@H]1OP(=O)([O-])[O-])[C@@H](O)C(=O)NCCC(=O)NCCSC(=O)CCCCCCC/C=C\CCCCCCCC=O. The number of ether oxygens (including phenoxy) is 1. The summed E-state index contributed by atoms with van der Waals surface area (Å²) in [6, 6.07) is 0. The van der Waals surface area contributed by atoms with Crippen molar-refractivity contribution in [1.82, 2.24) is 30.2 Å². The van der Waals surface area contributed by atoms with Crippen LogP contribution in [-0.2, 0) is 55.5 Å². The molecule has 386 valence electrons. The number of amides is 2. The molecule has 3 rings (SSSR count). The van der Waals surface area contributed by atoms with Crippen molar-refractivity contribution in [1.29, 1.82) is 0 Å². The maximum Gasteiger partial charge on any atom is 0.274 e. The van der Waals surface area contributed by atoms with E-state index in [1.165, 1.54) is 33.1 Å². The highest BCUT2D eigenvalue weighted by molar-refractivity contribution is 8.13. The topological polar surface area (TPSA) is 392 Å². The summed E-state index contributed by atoms with van der Waals surface area (Å²) in [4.78, 5) is 107. The molecular weight excluding hydrogens is 979 g/mol. The number of carbonyl (C=O) groups is 4. The molecule has 1 aliphatic heterocycles. The van der Waals surface area contributed by atoms with Crippen LogP contribution in [0.25, 0.3) is 11.2 Å². The second-order valence-electron chi connectivity index (χ2n) is 16.5. The van der Waals surface area contributed by atoms with Gasteiger partial charge in [0.25, 0.3) is 15.6 Å². The van der Waals surface area contributed by atoms with Gasteiger partial charge in [0.2, 0.25) is 11.8 Å². The van der Waals surface area contributed by atoms with E-state index in [0.29, 0.717) is 18.6 Å². The van der Waals surface area contributed by atoms with Crippen LogP contribution in [0.5, 0.6) is 0 Å². The highest BCUT2D eigenvalue weighted by Gasteiger charge is 2.47. The Labute approximate surface area is 398 Å². The normalized spacial score (nSPS) is 20.0. The van der Waals surface area contributed by atoms with Crippen molar-refractivity contribution >= 4 is 75.4 Å². The molecule has 0 spiro atoms. The fraction of sp³-hybridized carbons (Fsp3) is 0.718. The average Bonchev–Trinajstić information content (AvgIpc) is 3.83. The summed E-state index contributed by atoms with van der Waals surface area (Å²) < 4.78 is 60.8. The highest BCUT2D eigenvalue weighted by atomic mass is 32.2. The lowest BCUT2D eigenvalue weighted by atomic mass is 9.87. The molecule has 0 bridgehead atoms. The number of anilines is 1. The standard InChI is InChI=1S/C39H66N7O18P3S/c1-39(2,34(51)37(52)42-20-19-29(48)41-21-23-68-30(49)18-16-14-12-10-8-6-4-3-5-7-9-11-13-15-17-22-47)25-61-67(58,59)64-66(56,57)60-24-28-33(63-65(53,54)55)32(50)38(62-28)46-27-45-31-35(40)43-26-44-36(31)46/h3-4,22,26-28,32-34,38,50-51H,5-21,23-25H2,1-2H3,(H,41,48)(H,42,52)(H,56,57)(H,58,59)(H2,40,43,44)(H2,53,54,55)/p-4/b4-3-/t28-,32-,33-,34+,38-/m1/s1. The molecule has 1 aliphatic rings. The third kappa shape index (κ3) is 21.9. The number of phosphoric ester groups is 3. The molecule has 2 amide bonds. The van der Waals surface area contributed by atoms with Gasteiger partial charge in [0, 0.05) is 43.5 Å². The largest absolute Gasteiger partial charge is 0.790 e. The molecular formula is C39H62N7O18P3S-4. The minimum absolute atomic E-state index is 0.0218. The highest BCUT2D eigenvalue weighted by Crippen LogP contribution is 2.56. The number of unbranched alkanes of at least 4 members (excludes halogenated alkanes) is 11. The van der Waals surface area contributed by atoms with Crippen LogP contribution in [0.15, 0.2) is 24.8 Å². The lowest BCUT2D eigenvalue weighted by Crippen LogP contribution is -2.46. The number of nitrogens with two attached hydrogens (primary N) is 1. The monoisotopic (exact) mass is 1040 g/mol. The second kappa shape index (κ2) is 29.3. The van der Waals surface area contributed by atoms with Crippen LogP contribution in [0.1, 0.15) is 116 Å². The molecule has 2 aromatic heterocycles. The van der Waals surface area contributed by atoms with E-state index in [9.17, 15) is 62.7 Å². The van der Waals surface area contributed by atoms with Crippen LogP contribution < -0.4 is 35.9 Å². The number of nitrogens with zero attached hydrogens (tertiary/aromatic N) is 4. The van der Waals surface area contributed by atoms with Crippen LogP contribution in [0, 0.1) is 5.41 Å². The van der Waals surface area contributed by atoms with Gasteiger partial charge in [0.1, 0.15) is 42.5 Å². The minimum atomic E-state index is -5.92. The number of phosphoric acid groups is 3. The molecule has 2 aromatic rings. The van der Waals surface area contributed by atoms with Crippen LogP contribution >= 0.6 is 35.2 Å². The van der Waals surface area contributed by atoms with Crippen LogP contribution in [0.4, 0.5) is 5.82 Å². The lowest BCUT2D eigenvalue weighted by molar-refractivity contribution is -0.347. The number of hydrogen-bond donors (Lipinski definition) is 5. The fourth-order valence-corrected chi connectivity index (χ4v) is 10.1. The molecule has 0 aliphatic carbocycles. The summed E-state index contributed by atoms with van der Waals surface area (Å²) in [6.07, 6.45) is 11.8. The number of nitrogen functional groups attached to an aromatic ring is 1. The maximum atomic E-state index is 12.6. The first kappa shape index (κ1) is 59.3. The van der Waals surface area contributed by atoms with Gasteiger partial charge in [-0.3, -0.25) is 28.1 Å². The van der Waals surface area contributed by atoms with Gasteiger partial charge in [-0.15, -0.1) is 0 Å². The third-order valence-electron chi connectivity index (χ3n) is 10.4. The van der Waals surface area contributed by atoms with E-state index in [0.717, 1.165) is 93.1 Å². The molecule has 7 atom stereocenters. The third-order valence-corrected chi connectivity index (χ3v) is 14.3. The number of thioether (sulfide) groups is 1. The molecule has 29 heteroatoms. The predicted molar refractivity (Wildman–Crippen MR) is 238 cm³/mol. The number of rotatable bonds is 35. The molecule has 0 radical (unpaired) electrons. The number of hydrogen-bond acceptors (Lipinski definition) is 23. The number of imidazole rings is 1. The van der Waals surface area contributed by atoms with Crippen LogP contribution in [0.2, 0.25) is 0 Å². The number of carbonyl (C=O) groups excluding carboxylic acids is 4. The Hall–Kier alpha value is -3.03. The summed E-state index contributed by atoms with van der Waals surface area (Å²) in [6.45, 7) is 0.128. The van der Waals surface area contributed by atoms with E-state index in [4.69, 9.17) is 10.5 Å². The van der Waals surface area contributed by atoms with E-state index in [-0.39, 0.29) is 41.6 Å². The minimum Gasteiger partial charge on any atom is -0.790 e. The Bertz CT molecular complexity index is 2090. The van der Waals surface area contributed by atoms with Gasteiger partial charge in [-0.2, -0.15) is 0 Å². The Kier molecular flexibility index (Phi) is 25.6. The first-order chi connectivity index (χ1) is 32.1. The lowest BCUT2D eigenvalue weighted by Gasteiger charge is -2.36. The van der Waals surface area contributed by atoms with Crippen molar-refractivity contribution in [3.8, 4) is 0 Å². The zero-order valence-corrected chi connectivity index (χ0v) is 41.5. The number of aliphatic hydroxyl groups is 2. The number of nitrogens with one attached hydrogen (secondary N) is 2. The number of aliphatic hydroxyl groups excluding tert-OH is 2. The number of allylic oxidation sites excluding steroid dienone is 2. The van der Waals surface area contributed by atoms with Gasteiger partial charge in [-0.05, 0) is 38.5 Å². The summed E-state index contributed by atoms with van der Waals surface area (Å²) in [5.41, 5.74) is 4.08. The van der Waals surface area contributed by atoms with Gasteiger partial charge in [0.15, 0.2) is 22.8 Å². The molecule has 1 fully saturated rings. The zero-order chi connectivity index (χ0) is 50.4. The van der Waals surface area contributed by atoms with Crippen molar-refractivity contribution in [3.63, 3.8) is 0 Å². The Morgan fingerprint density at radius 1 is 0.897 bits per heavy atom. The van der Waals surface area contributed by atoms with E-state index < -0.39 is 84.6 Å². The van der Waals surface area contributed by atoms with Gasteiger partial charge in [0.05, 0.1) is 27.4 Å². The molecule has 25 nitrogen and oxygen atoms in total. The van der Waals surface area contributed by atoms with Gasteiger partial charge < -0.3 is 73.8 Å². The predicted octanol–water partition coefficient (Wildman–Crippen LogP) is 1.35. The van der Waals surface area contributed by atoms with Crippen molar-refractivity contribution in [3.05, 3.63) is 24.8 Å². The van der Waals surface area contributed by atoms with Crippen LogP contribution in [0.3, 0.4) is 0 Å². The Balaban J connectivity index is 1.29. The number of aromatic nitrogens is 4. The summed E-state index contributed by atoms with van der Waals surface area (Å²) >= 11 is 1.12. The van der Waals surface area contributed by atoms with Crippen molar-refractivity contribution in [2.24, 2.45) is 5.41 Å². The molecule has 0 saturated carbocycles. The molecule has 6 N–H and O–H groups in total. The first-order valence-electron chi connectivity index (χ1n) is 22.1. The first-order valence-corrected chi connectivity index (χ1v) is 27.5. The Morgan fingerprint density at radius 3 is 2.16 bits per heavy atom. The van der Waals surface area contributed by atoms with Gasteiger partial charge in [-0.25, -0.2) is 19.3 Å². The van der Waals surface area contributed by atoms with E-state index >= 15 is 0 Å². The van der Waals surface area contributed by atoms with E-state index in [1.807, 2.05) is 0 Å². The number of aldehydes is 1. The molecule has 2 unspecified atom stereocenters. The Morgan fingerprint density at radius 2 is 1.51 bits per heavy atom. The van der Waals surface area contributed by atoms with Crippen LogP contribution in [-0.4, -0.2) is 109 Å². The zero-order valence-electron chi connectivity index (χ0n) is 38.0. The summed E-state index contributed by atoms with van der Waals surface area (Å²) in [5.74, 6) is -1.17. The second-order valence-corrected chi connectivity index (χ2v) is 21.7. The van der Waals surface area contributed by atoms with E-state index in [1.54, 1.807) is 0 Å². The van der Waals surface area contributed by atoms with Gasteiger partial charge >= 0.3 is 0 Å².